The van der Waals surface area contributed by atoms with Gasteiger partial charge in [-0.2, -0.15) is 0 Å². The topological polar surface area (TPSA) is 48.1 Å². The molecule has 0 aliphatic heterocycles. The first-order chi connectivity index (χ1) is 5.86. The van der Waals surface area contributed by atoms with Crippen LogP contribution in [-0.4, -0.2) is 18.6 Å². The molecule has 4 heteroatoms. The molecule has 1 heterocycles. The van der Waals surface area contributed by atoms with Crippen LogP contribution < -0.4 is 10.5 Å². The highest BCUT2D eigenvalue weighted by molar-refractivity contribution is 7.13. The number of methoxy groups -OCH3 is 1. The first kappa shape index (κ1) is 9.04. The van der Waals surface area contributed by atoms with Gasteiger partial charge in [0, 0.05) is 13.0 Å². The number of rotatable bonds is 2. The Balaban J connectivity index is 2.59. The van der Waals surface area contributed by atoms with Crippen molar-refractivity contribution >= 4 is 11.3 Å². The van der Waals surface area contributed by atoms with Crippen LogP contribution in [0.2, 0.25) is 0 Å². The van der Waals surface area contributed by atoms with Crippen molar-refractivity contribution in [3.8, 4) is 17.0 Å². The number of aromatic nitrogens is 1. The maximum absolute atomic E-state index is 5.28. The van der Waals surface area contributed by atoms with E-state index in [0.717, 1.165) is 11.3 Å². The second-order valence-corrected chi connectivity index (χ2v) is 3.03. The average Bonchev–Trinajstić information content (AvgIpc) is 2.53. The molecule has 0 bridgehead atoms. The molecule has 0 aliphatic rings. The van der Waals surface area contributed by atoms with Crippen LogP contribution in [-0.2, 0) is 0 Å². The Morgan fingerprint density at radius 2 is 2.58 bits per heavy atom. The van der Waals surface area contributed by atoms with E-state index in [-0.39, 0.29) is 0 Å². The number of hydrogen-bond acceptors (Lipinski definition) is 4. The molecule has 0 saturated carbocycles. The van der Waals surface area contributed by atoms with Crippen LogP contribution in [0.3, 0.4) is 0 Å². The van der Waals surface area contributed by atoms with E-state index in [2.05, 4.69) is 16.8 Å². The van der Waals surface area contributed by atoms with E-state index in [1.165, 1.54) is 11.3 Å². The lowest BCUT2D eigenvalue weighted by Crippen LogP contribution is -1.95. The molecule has 0 spiro atoms. The molecule has 0 aliphatic carbocycles. The van der Waals surface area contributed by atoms with E-state index in [9.17, 15) is 0 Å². The van der Waals surface area contributed by atoms with Crippen LogP contribution >= 0.6 is 11.3 Å². The van der Waals surface area contributed by atoms with Crippen molar-refractivity contribution in [3.63, 3.8) is 0 Å². The Labute approximate surface area is 75.6 Å². The molecule has 0 atom stereocenters. The number of nitrogens with two attached hydrogens (primary N) is 1. The molecule has 12 heavy (non-hydrogen) atoms. The normalized spacial score (nSPS) is 8.83. The Hall–Kier alpha value is -1.05. The lowest BCUT2D eigenvalue weighted by atomic mass is 10.4. The smallest absolute Gasteiger partial charge is 0.274 e. The summed E-state index contributed by atoms with van der Waals surface area (Å²) in [6, 6.07) is 0. The molecule has 2 N–H and O–H groups in total. The molecule has 64 valence electrons. The van der Waals surface area contributed by atoms with Crippen LogP contribution in [0, 0.1) is 11.8 Å². The number of nitrogens with zero attached hydrogens (tertiary/aromatic N) is 1. The second-order valence-electron chi connectivity index (χ2n) is 2.03. The van der Waals surface area contributed by atoms with Gasteiger partial charge in [-0.3, -0.25) is 0 Å². The maximum atomic E-state index is 5.28. The highest BCUT2D eigenvalue weighted by atomic mass is 32.1. The summed E-state index contributed by atoms with van der Waals surface area (Å²) in [6.07, 6.45) is 2.42. The molecule has 0 fully saturated rings. The first-order valence-electron chi connectivity index (χ1n) is 3.55. The number of ether oxygens (including phenoxy) is 1. The van der Waals surface area contributed by atoms with E-state index in [0.29, 0.717) is 11.7 Å². The van der Waals surface area contributed by atoms with Crippen LogP contribution in [0.15, 0.2) is 6.20 Å². The summed E-state index contributed by atoms with van der Waals surface area (Å²) < 4.78 is 4.92. The van der Waals surface area contributed by atoms with Gasteiger partial charge in [0.1, 0.15) is 4.88 Å². The predicted molar refractivity (Wildman–Crippen MR) is 49.2 cm³/mol. The SMILES string of the molecule is COc1ncc(C#CCCN)s1. The van der Waals surface area contributed by atoms with Crippen molar-refractivity contribution in [2.75, 3.05) is 13.7 Å². The van der Waals surface area contributed by atoms with Gasteiger partial charge >= 0.3 is 0 Å². The van der Waals surface area contributed by atoms with Crippen molar-refractivity contribution in [3.05, 3.63) is 11.1 Å². The minimum absolute atomic E-state index is 0.600. The number of hydrogen-bond donors (Lipinski definition) is 1. The van der Waals surface area contributed by atoms with Crippen LogP contribution in [0.1, 0.15) is 11.3 Å². The molecule has 1 aromatic rings. The Morgan fingerprint density at radius 1 is 1.75 bits per heavy atom. The Kier molecular flexibility index (Phi) is 3.58. The monoisotopic (exact) mass is 182 g/mol. The van der Waals surface area contributed by atoms with Gasteiger partial charge < -0.3 is 10.5 Å². The minimum atomic E-state index is 0.600. The fraction of sp³-hybridized carbons (Fsp3) is 0.375. The van der Waals surface area contributed by atoms with Crippen molar-refractivity contribution in [2.45, 2.75) is 6.42 Å². The summed E-state index contributed by atoms with van der Waals surface area (Å²) in [5.74, 6) is 5.87. The summed E-state index contributed by atoms with van der Waals surface area (Å²) in [6.45, 7) is 0.600. The highest BCUT2D eigenvalue weighted by Crippen LogP contribution is 2.18. The Morgan fingerprint density at radius 3 is 3.17 bits per heavy atom. The van der Waals surface area contributed by atoms with Gasteiger partial charge in [-0.25, -0.2) is 4.98 Å². The lowest BCUT2D eigenvalue weighted by molar-refractivity contribution is 0.412. The standard InChI is InChI=1S/C8H10N2OS/c1-11-8-10-6-7(12-8)4-2-3-5-9/h6H,3,5,9H2,1H3. The molecule has 0 aromatic carbocycles. The molecule has 0 unspecified atom stereocenters. The van der Waals surface area contributed by atoms with Gasteiger partial charge in [-0.1, -0.05) is 23.2 Å². The third-order valence-electron chi connectivity index (χ3n) is 1.14. The predicted octanol–water partition coefficient (Wildman–Crippen LogP) is 0.852. The van der Waals surface area contributed by atoms with Gasteiger partial charge in [-0.15, -0.1) is 0 Å². The first-order valence-corrected chi connectivity index (χ1v) is 4.37. The maximum Gasteiger partial charge on any atom is 0.274 e. The summed E-state index contributed by atoms with van der Waals surface area (Å²) in [5, 5.41) is 0.645. The summed E-state index contributed by atoms with van der Waals surface area (Å²) in [4.78, 5) is 4.89. The van der Waals surface area contributed by atoms with Crippen molar-refractivity contribution in [2.24, 2.45) is 5.73 Å². The summed E-state index contributed by atoms with van der Waals surface area (Å²) in [5.41, 5.74) is 5.28. The van der Waals surface area contributed by atoms with Gasteiger partial charge in [0.15, 0.2) is 0 Å². The Bertz CT molecular complexity index is 297. The van der Waals surface area contributed by atoms with Crippen molar-refractivity contribution in [1.29, 1.82) is 0 Å². The fourth-order valence-electron chi connectivity index (χ4n) is 0.632. The van der Waals surface area contributed by atoms with Crippen molar-refractivity contribution < 1.29 is 4.74 Å². The fourth-order valence-corrected chi connectivity index (χ4v) is 1.24. The van der Waals surface area contributed by atoms with Gasteiger partial charge in [0.05, 0.1) is 13.3 Å². The highest BCUT2D eigenvalue weighted by Gasteiger charge is 1.96. The third kappa shape index (κ3) is 2.53. The van der Waals surface area contributed by atoms with Crippen molar-refractivity contribution in [1.82, 2.24) is 4.98 Å². The number of thiazole rings is 1. The molecule has 0 saturated heterocycles. The second kappa shape index (κ2) is 4.75. The van der Waals surface area contributed by atoms with E-state index >= 15 is 0 Å². The van der Waals surface area contributed by atoms with Crippen LogP contribution in [0.25, 0.3) is 0 Å². The van der Waals surface area contributed by atoms with Gasteiger partial charge in [0.2, 0.25) is 0 Å². The summed E-state index contributed by atoms with van der Waals surface area (Å²) in [7, 11) is 1.59. The summed E-state index contributed by atoms with van der Waals surface area (Å²) >= 11 is 1.44. The van der Waals surface area contributed by atoms with Crippen LogP contribution in [0.4, 0.5) is 0 Å². The third-order valence-corrected chi connectivity index (χ3v) is 2.01. The van der Waals surface area contributed by atoms with Crippen LogP contribution in [0.5, 0.6) is 5.19 Å². The molecule has 3 nitrogen and oxygen atoms in total. The molecular formula is C8H10N2OS. The molecule has 0 amide bonds. The minimum Gasteiger partial charge on any atom is -0.473 e. The molecular weight excluding hydrogens is 172 g/mol. The molecule has 0 radical (unpaired) electrons. The van der Waals surface area contributed by atoms with E-state index in [1.54, 1.807) is 13.3 Å². The van der Waals surface area contributed by atoms with Gasteiger partial charge in [-0.05, 0) is 0 Å². The molecule has 1 aromatic heterocycles. The lowest BCUT2D eigenvalue weighted by Gasteiger charge is -1.85. The zero-order valence-corrected chi connectivity index (χ0v) is 7.65. The largest absolute Gasteiger partial charge is 0.473 e. The van der Waals surface area contributed by atoms with E-state index < -0.39 is 0 Å². The van der Waals surface area contributed by atoms with E-state index in [4.69, 9.17) is 10.5 Å². The zero-order chi connectivity index (χ0) is 8.81. The van der Waals surface area contributed by atoms with E-state index in [1.807, 2.05) is 0 Å². The van der Waals surface area contributed by atoms with Gasteiger partial charge in [0.25, 0.3) is 5.19 Å². The average molecular weight is 182 g/mol. The molecule has 1 rings (SSSR count). The zero-order valence-electron chi connectivity index (χ0n) is 6.83. The quantitative estimate of drug-likeness (QED) is 0.690.